The normalized spacial score (nSPS) is 15.1. The van der Waals surface area contributed by atoms with Gasteiger partial charge in [0.25, 0.3) is 0 Å². The molecule has 1 fully saturated rings. The van der Waals surface area contributed by atoms with Crippen molar-refractivity contribution in [2.75, 3.05) is 48.7 Å². The van der Waals surface area contributed by atoms with Gasteiger partial charge in [-0.05, 0) is 37.2 Å². The molecular formula is C17H23N7O2. The highest BCUT2D eigenvalue weighted by molar-refractivity contribution is 5.65. The van der Waals surface area contributed by atoms with Crippen LogP contribution in [0.4, 0.5) is 28.8 Å². The van der Waals surface area contributed by atoms with Gasteiger partial charge in [-0.15, -0.1) is 0 Å². The van der Waals surface area contributed by atoms with Crippen LogP contribution in [0.5, 0.6) is 0 Å². The van der Waals surface area contributed by atoms with Gasteiger partial charge in [-0.2, -0.15) is 4.98 Å². The van der Waals surface area contributed by atoms with Crippen molar-refractivity contribution in [3.05, 3.63) is 40.1 Å². The second-order valence-electron chi connectivity index (χ2n) is 6.27. The quantitative estimate of drug-likeness (QED) is 0.618. The molecule has 2 aromatic rings. The standard InChI is InChI=1S/C17H23N7O2/c1-3-22-6-8-23(9-7-22)14-5-4-13(10-12(14)2)20-17-19-11-15(24(25)26)16(18)21-17/h4-5,10-11H,3,6-9H2,1-2H3,(H3,18,19,20,21). The number of nitrogens with two attached hydrogens (primary N) is 1. The van der Waals surface area contributed by atoms with E-state index in [0.717, 1.165) is 50.2 Å². The van der Waals surface area contributed by atoms with Crippen LogP contribution in [0.15, 0.2) is 24.4 Å². The number of nitrogens with zero attached hydrogens (tertiary/aromatic N) is 5. The summed E-state index contributed by atoms with van der Waals surface area (Å²) in [4.78, 5) is 22.9. The fraction of sp³-hybridized carbons (Fsp3) is 0.412. The largest absolute Gasteiger partial charge is 0.378 e. The van der Waals surface area contributed by atoms with E-state index in [1.54, 1.807) is 0 Å². The van der Waals surface area contributed by atoms with Gasteiger partial charge in [0.15, 0.2) is 0 Å². The lowest BCUT2D eigenvalue weighted by atomic mass is 10.1. The maximum Gasteiger partial charge on any atom is 0.329 e. The predicted molar refractivity (Wildman–Crippen MR) is 102 cm³/mol. The first-order valence-corrected chi connectivity index (χ1v) is 8.60. The Kier molecular flexibility index (Phi) is 5.17. The average Bonchev–Trinajstić information content (AvgIpc) is 2.62. The summed E-state index contributed by atoms with van der Waals surface area (Å²) in [5, 5.41) is 13.8. The maximum absolute atomic E-state index is 10.8. The number of aromatic nitrogens is 2. The number of hydrogen-bond donors (Lipinski definition) is 2. The molecule has 1 aliphatic rings. The summed E-state index contributed by atoms with van der Waals surface area (Å²) in [5.41, 5.74) is 8.49. The van der Waals surface area contributed by atoms with Crippen molar-refractivity contribution in [2.24, 2.45) is 0 Å². The van der Waals surface area contributed by atoms with E-state index < -0.39 is 4.92 Å². The van der Waals surface area contributed by atoms with Gasteiger partial charge in [-0.1, -0.05) is 6.92 Å². The number of nitrogens with one attached hydrogen (secondary N) is 1. The molecular weight excluding hydrogens is 334 g/mol. The van der Waals surface area contributed by atoms with Crippen molar-refractivity contribution >= 4 is 28.8 Å². The van der Waals surface area contributed by atoms with Crippen LogP contribution in [0.1, 0.15) is 12.5 Å². The molecule has 0 amide bonds. The lowest BCUT2D eigenvalue weighted by Crippen LogP contribution is -2.46. The molecule has 0 bridgehead atoms. The van der Waals surface area contributed by atoms with E-state index in [1.807, 2.05) is 12.1 Å². The number of anilines is 4. The fourth-order valence-corrected chi connectivity index (χ4v) is 3.11. The highest BCUT2D eigenvalue weighted by atomic mass is 16.6. The van der Waals surface area contributed by atoms with Gasteiger partial charge in [-0.3, -0.25) is 10.1 Å². The van der Waals surface area contributed by atoms with Crippen LogP contribution in [-0.4, -0.2) is 52.5 Å². The van der Waals surface area contributed by atoms with E-state index in [4.69, 9.17) is 5.73 Å². The Bertz CT molecular complexity index is 804. The third-order valence-electron chi connectivity index (χ3n) is 4.61. The molecule has 9 nitrogen and oxygen atoms in total. The lowest BCUT2D eigenvalue weighted by molar-refractivity contribution is -0.384. The lowest BCUT2D eigenvalue weighted by Gasteiger charge is -2.36. The highest BCUT2D eigenvalue weighted by Crippen LogP contribution is 2.26. The first kappa shape index (κ1) is 17.9. The molecule has 1 aromatic carbocycles. The Balaban J connectivity index is 1.72. The minimum atomic E-state index is -0.601. The summed E-state index contributed by atoms with van der Waals surface area (Å²) in [6.45, 7) is 9.53. The zero-order valence-electron chi connectivity index (χ0n) is 15.0. The molecule has 0 aliphatic carbocycles. The highest BCUT2D eigenvalue weighted by Gasteiger charge is 2.18. The molecule has 0 unspecified atom stereocenters. The van der Waals surface area contributed by atoms with Crippen LogP contribution in [0.3, 0.4) is 0 Å². The number of nitro groups is 1. The summed E-state index contributed by atoms with van der Waals surface area (Å²) < 4.78 is 0. The van der Waals surface area contributed by atoms with E-state index in [2.05, 4.69) is 45.0 Å². The third-order valence-corrected chi connectivity index (χ3v) is 4.61. The maximum atomic E-state index is 10.8. The molecule has 2 heterocycles. The van der Waals surface area contributed by atoms with Crippen LogP contribution < -0.4 is 16.0 Å². The van der Waals surface area contributed by atoms with Gasteiger partial charge >= 0.3 is 5.69 Å². The van der Waals surface area contributed by atoms with Crippen molar-refractivity contribution in [1.29, 1.82) is 0 Å². The molecule has 0 saturated carbocycles. The molecule has 1 aromatic heterocycles. The fourth-order valence-electron chi connectivity index (χ4n) is 3.11. The van der Waals surface area contributed by atoms with Gasteiger partial charge in [0.05, 0.1) is 4.92 Å². The van der Waals surface area contributed by atoms with Crippen LogP contribution in [0.2, 0.25) is 0 Å². The van der Waals surface area contributed by atoms with Crippen molar-refractivity contribution in [3.63, 3.8) is 0 Å². The van der Waals surface area contributed by atoms with Gasteiger partial charge in [0.2, 0.25) is 11.8 Å². The van der Waals surface area contributed by atoms with E-state index >= 15 is 0 Å². The molecule has 138 valence electrons. The van der Waals surface area contributed by atoms with Gasteiger partial charge < -0.3 is 20.9 Å². The Morgan fingerprint density at radius 3 is 2.62 bits per heavy atom. The summed E-state index contributed by atoms with van der Waals surface area (Å²) >= 11 is 0. The number of hydrogen-bond acceptors (Lipinski definition) is 8. The average molecular weight is 357 g/mol. The second kappa shape index (κ2) is 7.52. The zero-order chi connectivity index (χ0) is 18.7. The van der Waals surface area contributed by atoms with E-state index in [9.17, 15) is 10.1 Å². The van der Waals surface area contributed by atoms with E-state index in [0.29, 0.717) is 0 Å². The zero-order valence-corrected chi connectivity index (χ0v) is 15.0. The number of nitrogen functional groups attached to an aromatic ring is 1. The van der Waals surface area contributed by atoms with Crippen molar-refractivity contribution in [1.82, 2.24) is 14.9 Å². The molecule has 1 aliphatic heterocycles. The summed E-state index contributed by atoms with van der Waals surface area (Å²) in [6, 6.07) is 6.05. The van der Waals surface area contributed by atoms with Crippen molar-refractivity contribution in [2.45, 2.75) is 13.8 Å². The Hall–Kier alpha value is -2.94. The Morgan fingerprint density at radius 1 is 1.31 bits per heavy atom. The third kappa shape index (κ3) is 3.83. The monoisotopic (exact) mass is 357 g/mol. The molecule has 0 spiro atoms. The number of benzene rings is 1. The molecule has 3 N–H and O–H groups in total. The van der Waals surface area contributed by atoms with Gasteiger partial charge in [-0.25, -0.2) is 4.98 Å². The SMILES string of the molecule is CCN1CCN(c2ccc(Nc3ncc([N+](=O)[O-])c(N)n3)cc2C)CC1. The Labute approximate surface area is 152 Å². The Morgan fingerprint density at radius 2 is 2.04 bits per heavy atom. The summed E-state index contributed by atoms with van der Waals surface area (Å²) in [5.74, 6) is 0.0754. The summed E-state index contributed by atoms with van der Waals surface area (Å²) in [6.07, 6.45) is 1.11. The predicted octanol–water partition coefficient (Wildman–Crippen LogP) is 2.16. The molecule has 26 heavy (non-hydrogen) atoms. The smallest absolute Gasteiger partial charge is 0.329 e. The molecule has 0 atom stereocenters. The van der Waals surface area contributed by atoms with Crippen LogP contribution in [0, 0.1) is 17.0 Å². The van der Waals surface area contributed by atoms with Crippen LogP contribution in [0.25, 0.3) is 0 Å². The van der Waals surface area contributed by atoms with Gasteiger partial charge in [0.1, 0.15) is 6.20 Å². The number of aryl methyl sites for hydroxylation is 1. The van der Waals surface area contributed by atoms with E-state index in [1.165, 1.54) is 5.69 Å². The van der Waals surface area contributed by atoms with Crippen molar-refractivity contribution < 1.29 is 4.92 Å². The molecule has 0 radical (unpaired) electrons. The van der Waals surface area contributed by atoms with Crippen LogP contribution >= 0.6 is 0 Å². The van der Waals surface area contributed by atoms with E-state index in [-0.39, 0.29) is 17.5 Å². The number of piperazine rings is 1. The van der Waals surface area contributed by atoms with Crippen LogP contribution in [-0.2, 0) is 0 Å². The topological polar surface area (TPSA) is 113 Å². The molecule has 3 rings (SSSR count). The van der Waals surface area contributed by atoms with Gasteiger partial charge in [0, 0.05) is 37.6 Å². The number of rotatable bonds is 5. The number of likely N-dealkylation sites (N-methyl/N-ethyl adjacent to an activating group) is 1. The molecule has 9 heteroatoms. The minimum Gasteiger partial charge on any atom is -0.378 e. The minimum absolute atomic E-state index is 0.158. The molecule has 1 saturated heterocycles. The second-order valence-corrected chi connectivity index (χ2v) is 6.27. The van der Waals surface area contributed by atoms with Crippen molar-refractivity contribution in [3.8, 4) is 0 Å². The first-order chi connectivity index (χ1) is 12.5. The summed E-state index contributed by atoms with van der Waals surface area (Å²) in [7, 11) is 0. The first-order valence-electron chi connectivity index (χ1n) is 8.60.